The number of aryl methyl sites for hydroxylation is 2. The molecule has 1 aliphatic rings. The Morgan fingerprint density at radius 2 is 1.95 bits per heavy atom. The minimum absolute atomic E-state index is 0.293. The van der Waals surface area contributed by atoms with E-state index in [2.05, 4.69) is 34.2 Å². The molecule has 0 radical (unpaired) electrons. The van der Waals surface area contributed by atoms with Gasteiger partial charge in [0.25, 0.3) is 0 Å². The van der Waals surface area contributed by atoms with Crippen molar-refractivity contribution in [1.29, 1.82) is 0 Å². The summed E-state index contributed by atoms with van der Waals surface area (Å²) in [6.45, 7) is 3.97. The number of hydrogen-bond donors (Lipinski definition) is 0. The lowest BCUT2D eigenvalue weighted by atomic mass is 9.82. The summed E-state index contributed by atoms with van der Waals surface area (Å²) in [6, 6.07) is 8.62. The molecule has 0 saturated heterocycles. The molecule has 0 aliphatic heterocycles. The minimum atomic E-state index is 0.293. The first-order valence-electron chi connectivity index (χ1n) is 6.75. The van der Waals surface area contributed by atoms with Crippen molar-refractivity contribution in [3.63, 3.8) is 0 Å². The van der Waals surface area contributed by atoms with Gasteiger partial charge in [0.2, 0.25) is 0 Å². The summed E-state index contributed by atoms with van der Waals surface area (Å²) in [4.78, 5) is 9.17. The second-order valence-corrected chi connectivity index (χ2v) is 5.58. The molecule has 19 heavy (non-hydrogen) atoms. The van der Waals surface area contributed by atoms with Crippen LogP contribution in [0.5, 0.6) is 0 Å². The normalized spacial score (nSPS) is 18.2. The average molecular weight is 273 g/mol. The van der Waals surface area contributed by atoms with Gasteiger partial charge >= 0.3 is 0 Å². The molecule has 2 nitrogen and oxygen atoms in total. The van der Waals surface area contributed by atoms with Gasteiger partial charge in [0.05, 0.1) is 0 Å². The Labute approximate surface area is 118 Å². The summed E-state index contributed by atoms with van der Waals surface area (Å²) in [7, 11) is 0. The zero-order valence-electron chi connectivity index (χ0n) is 11.3. The van der Waals surface area contributed by atoms with Crippen molar-refractivity contribution in [2.24, 2.45) is 0 Å². The summed E-state index contributed by atoms with van der Waals surface area (Å²) < 4.78 is 0. The Kier molecular flexibility index (Phi) is 3.28. The Morgan fingerprint density at radius 3 is 2.74 bits per heavy atom. The van der Waals surface area contributed by atoms with Crippen molar-refractivity contribution >= 4 is 11.6 Å². The van der Waals surface area contributed by atoms with E-state index in [1.165, 1.54) is 17.5 Å². The highest BCUT2D eigenvalue weighted by molar-refractivity contribution is 6.30. The van der Waals surface area contributed by atoms with Crippen molar-refractivity contribution in [3.05, 3.63) is 57.6 Å². The lowest BCUT2D eigenvalue weighted by Gasteiger charge is -2.24. The van der Waals surface area contributed by atoms with Crippen LogP contribution < -0.4 is 0 Å². The molecule has 1 aromatic carbocycles. The van der Waals surface area contributed by atoms with E-state index in [4.69, 9.17) is 11.6 Å². The van der Waals surface area contributed by atoms with Crippen LogP contribution in [0.3, 0.4) is 0 Å². The zero-order valence-corrected chi connectivity index (χ0v) is 12.0. The molecule has 1 aromatic heterocycles. The van der Waals surface area contributed by atoms with Gasteiger partial charge in [0, 0.05) is 17.2 Å². The van der Waals surface area contributed by atoms with E-state index in [0.717, 1.165) is 29.9 Å². The Bertz CT molecular complexity index is 599. The third kappa shape index (κ3) is 2.25. The zero-order chi connectivity index (χ0) is 13.4. The van der Waals surface area contributed by atoms with Gasteiger partial charge < -0.3 is 0 Å². The highest BCUT2D eigenvalue weighted by Gasteiger charge is 2.24. The van der Waals surface area contributed by atoms with E-state index >= 15 is 0 Å². The first-order chi connectivity index (χ1) is 9.16. The monoisotopic (exact) mass is 272 g/mol. The molecule has 0 bridgehead atoms. The van der Waals surface area contributed by atoms with Gasteiger partial charge in [-0.3, -0.25) is 0 Å². The number of aromatic nitrogens is 2. The highest BCUT2D eigenvalue weighted by Crippen LogP contribution is 2.35. The van der Waals surface area contributed by atoms with Crippen molar-refractivity contribution in [3.8, 4) is 0 Å². The quantitative estimate of drug-likeness (QED) is 0.727. The molecule has 0 spiro atoms. The number of hydrogen-bond acceptors (Lipinski definition) is 2. The fourth-order valence-corrected chi connectivity index (χ4v) is 3.02. The number of fused-ring (bicyclic) bond motifs is 1. The van der Waals surface area contributed by atoms with E-state index in [1.807, 2.05) is 13.8 Å². The maximum absolute atomic E-state index is 6.21. The second-order valence-electron chi connectivity index (χ2n) is 5.23. The van der Waals surface area contributed by atoms with Gasteiger partial charge in [0.15, 0.2) is 0 Å². The van der Waals surface area contributed by atoms with Crippen LogP contribution in [0.15, 0.2) is 24.3 Å². The molecule has 3 rings (SSSR count). The van der Waals surface area contributed by atoms with Crippen LogP contribution in [0.25, 0.3) is 0 Å². The third-order valence-electron chi connectivity index (χ3n) is 4.03. The summed E-state index contributed by atoms with van der Waals surface area (Å²) >= 11 is 6.21. The number of nitrogens with zero attached hydrogens (tertiary/aromatic N) is 2. The number of halogens is 1. The van der Waals surface area contributed by atoms with Crippen molar-refractivity contribution < 1.29 is 0 Å². The first kappa shape index (κ1) is 12.6. The molecule has 3 heteroatoms. The van der Waals surface area contributed by atoms with Crippen LogP contribution in [-0.2, 0) is 6.42 Å². The minimum Gasteiger partial charge on any atom is -0.237 e. The van der Waals surface area contributed by atoms with E-state index < -0.39 is 0 Å². The molecule has 0 saturated carbocycles. The number of rotatable bonds is 1. The average Bonchev–Trinajstić information content (AvgIpc) is 2.43. The van der Waals surface area contributed by atoms with E-state index in [0.29, 0.717) is 11.1 Å². The fourth-order valence-electron chi connectivity index (χ4n) is 2.79. The second kappa shape index (κ2) is 4.93. The standard InChI is InChI=1S/C16H17ClN2/c1-10-11(2)18-16(19-15(10)17)14-9-5-7-12-6-3-4-8-13(12)14/h3-4,6,8,14H,5,7,9H2,1-2H3. The van der Waals surface area contributed by atoms with Gasteiger partial charge in [-0.2, -0.15) is 0 Å². The number of benzene rings is 1. The predicted molar refractivity (Wildman–Crippen MR) is 77.7 cm³/mol. The third-order valence-corrected chi connectivity index (χ3v) is 4.40. The molecule has 98 valence electrons. The molecule has 1 aliphatic carbocycles. The van der Waals surface area contributed by atoms with Crippen LogP contribution in [0.1, 0.15) is 47.0 Å². The van der Waals surface area contributed by atoms with Gasteiger partial charge in [-0.1, -0.05) is 35.9 Å². The van der Waals surface area contributed by atoms with Crippen LogP contribution in [0.2, 0.25) is 5.15 Å². The van der Waals surface area contributed by atoms with Crippen molar-refractivity contribution in [1.82, 2.24) is 9.97 Å². The Morgan fingerprint density at radius 1 is 1.16 bits per heavy atom. The largest absolute Gasteiger partial charge is 0.237 e. The van der Waals surface area contributed by atoms with Crippen molar-refractivity contribution in [2.75, 3.05) is 0 Å². The van der Waals surface area contributed by atoms with Crippen molar-refractivity contribution in [2.45, 2.75) is 39.0 Å². The van der Waals surface area contributed by atoms with Crippen LogP contribution in [-0.4, -0.2) is 9.97 Å². The maximum Gasteiger partial charge on any atom is 0.137 e. The lowest BCUT2D eigenvalue weighted by Crippen LogP contribution is -2.14. The molecule has 2 aromatic rings. The highest BCUT2D eigenvalue weighted by atomic mass is 35.5. The van der Waals surface area contributed by atoms with E-state index in [1.54, 1.807) is 0 Å². The molecule has 0 N–H and O–H groups in total. The summed E-state index contributed by atoms with van der Waals surface area (Å²) in [5.74, 6) is 1.17. The summed E-state index contributed by atoms with van der Waals surface area (Å²) in [6.07, 6.45) is 3.46. The SMILES string of the molecule is Cc1nc(C2CCCc3ccccc32)nc(Cl)c1C. The van der Waals surface area contributed by atoms with Gasteiger partial charge in [0.1, 0.15) is 11.0 Å². The summed E-state index contributed by atoms with van der Waals surface area (Å²) in [5.41, 5.74) is 4.76. The van der Waals surface area contributed by atoms with Crippen LogP contribution >= 0.6 is 11.6 Å². The Hall–Kier alpha value is -1.41. The molecular formula is C16H17ClN2. The van der Waals surface area contributed by atoms with Gasteiger partial charge in [-0.05, 0) is 44.2 Å². The fraction of sp³-hybridized carbons (Fsp3) is 0.375. The first-order valence-corrected chi connectivity index (χ1v) is 7.13. The molecule has 1 heterocycles. The Balaban J connectivity index is 2.09. The van der Waals surface area contributed by atoms with Gasteiger partial charge in [-0.25, -0.2) is 9.97 Å². The van der Waals surface area contributed by atoms with Crippen LogP contribution in [0, 0.1) is 13.8 Å². The van der Waals surface area contributed by atoms with Crippen LogP contribution in [0.4, 0.5) is 0 Å². The van der Waals surface area contributed by atoms with Gasteiger partial charge in [-0.15, -0.1) is 0 Å². The lowest BCUT2D eigenvalue weighted by molar-refractivity contribution is 0.588. The summed E-state index contributed by atoms with van der Waals surface area (Å²) in [5, 5.41) is 0.588. The topological polar surface area (TPSA) is 25.8 Å². The molecular weight excluding hydrogens is 256 g/mol. The van der Waals surface area contributed by atoms with E-state index in [9.17, 15) is 0 Å². The smallest absolute Gasteiger partial charge is 0.137 e. The molecule has 0 amide bonds. The van der Waals surface area contributed by atoms with E-state index in [-0.39, 0.29) is 0 Å². The molecule has 1 atom stereocenters. The maximum atomic E-state index is 6.21. The predicted octanol–water partition coefficient (Wildman–Crippen LogP) is 4.22. The molecule has 1 unspecified atom stereocenters. The molecule has 0 fully saturated rings.